The van der Waals surface area contributed by atoms with Crippen LogP contribution in [0.25, 0.3) is 0 Å². The van der Waals surface area contributed by atoms with Crippen molar-refractivity contribution in [2.45, 2.75) is 0 Å². The first-order valence-corrected chi connectivity index (χ1v) is 4.10. The van der Waals surface area contributed by atoms with E-state index in [1.165, 1.54) is 12.2 Å². The lowest BCUT2D eigenvalue weighted by Gasteiger charge is -1.97. The molecule has 0 spiro atoms. The summed E-state index contributed by atoms with van der Waals surface area (Å²) in [4.78, 5) is 21.4. The summed E-state index contributed by atoms with van der Waals surface area (Å²) in [5, 5.41) is 0. The molecule has 48 valence electrons. The molecule has 2 nitrogen and oxygen atoms in total. The number of rotatable bonds is 1. The molecule has 1 aliphatic carbocycles. The first kappa shape index (κ1) is 6.92. The van der Waals surface area contributed by atoms with E-state index in [9.17, 15) is 9.59 Å². The third-order valence-electron chi connectivity index (χ3n) is 1.25. The minimum absolute atomic E-state index is 0.0469. The van der Waals surface area contributed by atoms with Crippen LogP contribution in [0.15, 0.2) is 12.2 Å². The number of carbonyl (C=O) groups is 2. The fourth-order valence-electron chi connectivity index (χ4n) is 0.689. The summed E-state index contributed by atoms with van der Waals surface area (Å²) in [6, 6.07) is 0. The summed E-state index contributed by atoms with van der Waals surface area (Å²) < 4.78 is 0.600. The van der Waals surface area contributed by atoms with Gasteiger partial charge in [-0.05, 0) is 12.2 Å². The van der Waals surface area contributed by atoms with Crippen molar-refractivity contribution in [3.05, 3.63) is 12.2 Å². The van der Waals surface area contributed by atoms with Gasteiger partial charge in [-0.15, -0.1) is 0 Å². The van der Waals surface area contributed by atoms with Crippen molar-refractivity contribution in [3.8, 4) is 0 Å². The highest BCUT2D eigenvalue weighted by Gasteiger charge is 2.26. The Labute approximate surface area is 66.5 Å². The van der Waals surface area contributed by atoms with E-state index in [2.05, 4.69) is 0 Å². The van der Waals surface area contributed by atoms with Crippen molar-refractivity contribution >= 4 is 34.2 Å². The molecular formula is C6H5IO2. The fraction of sp³-hybridized carbons (Fsp3) is 0.333. The van der Waals surface area contributed by atoms with Gasteiger partial charge < -0.3 is 0 Å². The smallest absolute Gasteiger partial charge is 0.167 e. The largest absolute Gasteiger partial charge is 0.294 e. The molecule has 1 aliphatic rings. The van der Waals surface area contributed by atoms with Crippen LogP contribution >= 0.6 is 22.6 Å². The molecule has 0 saturated heterocycles. The molecule has 1 rings (SSSR count). The van der Waals surface area contributed by atoms with Crippen molar-refractivity contribution in [3.63, 3.8) is 0 Å². The van der Waals surface area contributed by atoms with Gasteiger partial charge in [-0.1, -0.05) is 22.6 Å². The zero-order valence-corrected chi connectivity index (χ0v) is 6.79. The van der Waals surface area contributed by atoms with Gasteiger partial charge in [0.1, 0.15) is 0 Å². The average molecular weight is 234 g/mol. The number of ketones is 2. The molecule has 0 radical (unpaired) electrons. The van der Waals surface area contributed by atoms with Gasteiger partial charge in [0.05, 0.1) is 5.92 Å². The summed E-state index contributed by atoms with van der Waals surface area (Å²) in [6.07, 6.45) is 2.71. The van der Waals surface area contributed by atoms with Crippen molar-refractivity contribution < 1.29 is 9.59 Å². The topological polar surface area (TPSA) is 34.1 Å². The van der Waals surface area contributed by atoms with Gasteiger partial charge >= 0.3 is 0 Å². The zero-order chi connectivity index (χ0) is 6.85. The van der Waals surface area contributed by atoms with Crippen LogP contribution in [0, 0.1) is 5.92 Å². The quantitative estimate of drug-likeness (QED) is 0.381. The van der Waals surface area contributed by atoms with E-state index < -0.39 is 0 Å². The second-order valence-electron chi connectivity index (χ2n) is 1.84. The van der Waals surface area contributed by atoms with Crippen molar-refractivity contribution in [2.75, 3.05) is 4.43 Å². The van der Waals surface area contributed by atoms with E-state index in [1.54, 1.807) is 0 Å². The number of alkyl halides is 1. The van der Waals surface area contributed by atoms with E-state index in [1.807, 2.05) is 22.6 Å². The van der Waals surface area contributed by atoms with Gasteiger partial charge in [-0.3, -0.25) is 9.59 Å². The van der Waals surface area contributed by atoms with Crippen LogP contribution in [-0.4, -0.2) is 16.0 Å². The maximum absolute atomic E-state index is 10.7. The molecule has 0 saturated carbocycles. The number of hydrogen-bond donors (Lipinski definition) is 0. The van der Waals surface area contributed by atoms with Gasteiger partial charge in [0.2, 0.25) is 0 Å². The lowest BCUT2D eigenvalue weighted by molar-refractivity contribution is -0.124. The van der Waals surface area contributed by atoms with Crippen molar-refractivity contribution in [2.24, 2.45) is 5.92 Å². The van der Waals surface area contributed by atoms with Crippen molar-refractivity contribution in [1.29, 1.82) is 0 Å². The fourth-order valence-corrected chi connectivity index (χ4v) is 1.56. The number of carbonyl (C=O) groups excluding carboxylic acids is 2. The molecule has 0 atom stereocenters. The molecule has 0 amide bonds. The Balaban J connectivity index is 2.75. The highest BCUT2D eigenvalue weighted by Crippen LogP contribution is 2.12. The van der Waals surface area contributed by atoms with Gasteiger partial charge in [0, 0.05) is 4.43 Å². The van der Waals surface area contributed by atoms with E-state index in [0.717, 1.165) is 0 Å². The van der Waals surface area contributed by atoms with E-state index in [0.29, 0.717) is 4.43 Å². The van der Waals surface area contributed by atoms with Crippen LogP contribution < -0.4 is 0 Å². The zero-order valence-electron chi connectivity index (χ0n) is 4.63. The van der Waals surface area contributed by atoms with Crippen LogP contribution in [0.1, 0.15) is 0 Å². The lowest BCUT2D eigenvalue weighted by atomic mass is 10.1. The molecule has 9 heavy (non-hydrogen) atoms. The molecule has 0 fully saturated rings. The second-order valence-corrected chi connectivity index (χ2v) is 2.73. The van der Waals surface area contributed by atoms with Gasteiger partial charge in [0.15, 0.2) is 11.6 Å². The third-order valence-corrected chi connectivity index (χ3v) is 2.13. The Bertz CT molecular complexity index is 165. The lowest BCUT2D eigenvalue weighted by Crippen LogP contribution is -2.16. The van der Waals surface area contributed by atoms with E-state index >= 15 is 0 Å². The Hall–Kier alpha value is -0.190. The molecule has 0 N–H and O–H groups in total. The minimum atomic E-state index is -0.370. The summed E-state index contributed by atoms with van der Waals surface area (Å²) in [5.74, 6) is -0.464. The first-order valence-electron chi connectivity index (χ1n) is 2.57. The maximum atomic E-state index is 10.7. The summed E-state index contributed by atoms with van der Waals surface area (Å²) in [5.41, 5.74) is 0. The summed E-state index contributed by atoms with van der Waals surface area (Å²) in [7, 11) is 0. The average Bonchev–Trinajstić information content (AvgIpc) is 2.12. The van der Waals surface area contributed by atoms with E-state index in [4.69, 9.17) is 0 Å². The Morgan fingerprint density at radius 1 is 1.33 bits per heavy atom. The number of halogens is 1. The van der Waals surface area contributed by atoms with Crippen molar-refractivity contribution in [1.82, 2.24) is 0 Å². The molecule has 0 aromatic carbocycles. The Morgan fingerprint density at radius 3 is 2.00 bits per heavy atom. The van der Waals surface area contributed by atoms with Crippen LogP contribution in [-0.2, 0) is 9.59 Å². The van der Waals surface area contributed by atoms with Crippen LogP contribution in [0.3, 0.4) is 0 Å². The summed E-state index contributed by atoms with van der Waals surface area (Å²) >= 11 is 2.04. The SMILES string of the molecule is O=C1C=CC(=O)C1C[125I]. The third kappa shape index (κ3) is 1.20. The van der Waals surface area contributed by atoms with Gasteiger partial charge in [0.25, 0.3) is 0 Å². The Morgan fingerprint density at radius 2 is 1.78 bits per heavy atom. The number of allylic oxidation sites excluding steroid dienone is 2. The standard InChI is InChI=1S/C6H5IO2/c7-3-4-5(8)1-2-6(4)9/h1-2,4H,3H2/i7-2. The first-order chi connectivity index (χ1) is 4.25. The van der Waals surface area contributed by atoms with Gasteiger partial charge in [-0.2, -0.15) is 0 Å². The predicted molar refractivity (Wildman–Crippen MR) is 41.5 cm³/mol. The molecule has 0 aromatic rings. The van der Waals surface area contributed by atoms with Crippen LogP contribution in [0.2, 0.25) is 0 Å². The minimum Gasteiger partial charge on any atom is -0.294 e. The molecule has 0 bridgehead atoms. The molecular weight excluding hydrogens is 229 g/mol. The van der Waals surface area contributed by atoms with E-state index in [-0.39, 0.29) is 17.5 Å². The Kier molecular flexibility index (Phi) is 2.00. The maximum Gasteiger partial charge on any atom is 0.167 e. The van der Waals surface area contributed by atoms with Crippen LogP contribution in [0.5, 0.6) is 0 Å². The monoisotopic (exact) mass is 234 g/mol. The van der Waals surface area contributed by atoms with Crippen LogP contribution in [0.4, 0.5) is 0 Å². The number of hydrogen-bond acceptors (Lipinski definition) is 2. The molecule has 0 heterocycles. The molecule has 0 unspecified atom stereocenters. The molecule has 0 aliphatic heterocycles. The van der Waals surface area contributed by atoms with Gasteiger partial charge in [-0.25, -0.2) is 0 Å². The molecule has 3 heteroatoms. The summed E-state index contributed by atoms with van der Waals surface area (Å²) in [6.45, 7) is 0. The highest BCUT2D eigenvalue weighted by atomic mass is 125. The highest BCUT2D eigenvalue weighted by molar-refractivity contribution is 14.1. The predicted octanol–water partition coefficient (Wildman–Crippen LogP) is 0.746. The molecule has 0 aromatic heterocycles. The second kappa shape index (κ2) is 2.60. The normalized spacial score (nSPS) is 19.7.